The zero-order chi connectivity index (χ0) is 21.4. The van der Waals surface area contributed by atoms with Gasteiger partial charge in [-0.15, -0.1) is 0 Å². The van der Waals surface area contributed by atoms with Crippen molar-refractivity contribution in [3.63, 3.8) is 0 Å². The zero-order valence-electron chi connectivity index (χ0n) is 16.1. The van der Waals surface area contributed by atoms with Gasteiger partial charge in [0.1, 0.15) is 0 Å². The highest BCUT2D eigenvalue weighted by Gasteiger charge is 2.39. The molecule has 0 bridgehead atoms. The number of rotatable bonds is 4. The van der Waals surface area contributed by atoms with Crippen LogP contribution in [0.3, 0.4) is 0 Å². The lowest BCUT2D eigenvalue weighted by molar-refractivity contribution is 0.0646. The van der Waals surface area contributed by atoms with Gasteiger partial charge in [0.2, 0.25) is 5.43 Å². The Labute approximate surface area is 183 Å². The van der Waals surface area contributed by atoms with Gasteiger partial charge in [-0.25, -0.2) is 0 Å². The maximum atomic E-state index is 12.9. The summed E-state index contributed by atoms with van der Waals surface area (Å²) in [5.74, 6) is -1.29. The van der Waals surface area contributed by atoms with Gasteiger partial charge in [0, 0.05) is 29.1 Å². The average molecular weight is 444 g/mol. The fourth-order valence-corrected chi connectivity index (χ4v) is 4.40. The van der Waals surface area contributed by atoms with E-state index in [1.165, 1.54) is 4.68 Å². The van der Waals surface area contributed by atoms with Crippen LogP contribution in [0.1, 0.15) is 40.5 Å². The number of aromatic hydroxyl groups is 1. The molecule has 0 unspecified atom stereocenters. The molecule has 2 heterocycles. The van der Waals surface area contributed by atoms with Crippen molar-refractivity contribution < 1.29 is 9.90 Å². The van der Waals surface area contributed by atoms with E-state index in [1.807, 2.05) is 43.3 Å². The fraction of sp³-hybridized carbons (Fsp3) is 0.227. The summed E-state index contributed by atoms with van der Waals surface area (Å²) in [5, 5.41) is 15.8. The van der Waals surface area contributed by atoms with E-state index in [9.17, 15) is 14.7 Å². The zero-order valence-corrected chi connectivity index (χ0v) is 17.6. The molecule has 1 atom stereocenters. The molecule has 1 aliphatic rings. The highest BCUT2D eigenvalue weighted by molar-refractivity contribution is 6.31. The van der Waals surface area contributed by atoms with Gasteiger partial charge in [0.15, 0.2) is 11.4 Å². The van der Waals surface area contributed by atoms with Gasteiger partial charge in [-0.3, -0.25) is 14.3 Å². The summed E-state index contributed by atoms with van der Waals surface area (Å²) in [6.07, 6.45) is 1.04. The van der Waals surface area contributed by atoms with E-state index >= 15 is 0 Å². The predicted molar refractivity (Wildman–Crippen MR) is 116 cm³/mol. The number of halogens is 2. The Bertz CT molecular complexity index is 1130. The Kier molecular flexibility index (Phi) is 5.54. The molecular formula is C22H19Cl2N3O3. The molecule has 154 valence electrons. The Morgan fingerprint density at radius 2 is 1.70 bits per heavy atom. The van der Waals surface area contributed by atoms with E-state index in [1.54, 1.807) is 17.0 Å². The molecule has 0 saturated heterocycles. The number of likely N-dealkylation sites (N-methyl/N-ethyl adjacent to an activating group) is 1. The number of amides is 1. The molecule has 8 heteroatoms. The summed E-state index contributed by atoms with van der Waals surface area (Å²) in [4.78, 5) is 26.5. The SMILES string of the molecule is CCN1C[C@@H](C(c2cccc(Cl)c2)c2cccc(Cl)c2)n2ncc(=O)c(O)c2C1=O. The van der Waals surface area contributed by atoms with Crippen LogP contribution >= 0.6 is 23.2 Å². The van der Waals surface area contributed by atoms with Gasteiger partial charge in [-0.05, 0) is 42.3 Å². The van der Waals surface area contributed by atoms with E-state index in [-0.39, 0.29) is 17.7 Å². The molecular weight excluding hydrogens is 425 g/mol. The lowest BCUT2D eigenvalue weighted by Gasteiger charge is -2.39. The van der Waals surface area contributed by atoms with Gasteiger partial charge in [0.25, 0.3) is 5.91 Å². The Morgan fingerprint density at radius 1 is 1.10 bits per heavy atom. The van der Waals surface area contributed by atoms with E-state index < -0.39 is 17.1 Å². The second kappa shape index (κ2) is 8.13. The summed E-state index contributed by atoms with van der Waals surface area (Å²) >= 11 is 12.6. The average Bonchev–Trinajstić information content (AvgIpc) is 2.72. The van der Waals surface area contributed by atoms with Crippen LogP contribution in [0.15, 0.2) is 59.5 Å². The Hall–Kier alpha value is -2.83. The third-order valence-electron chi connectivity index (χ3n) is 5.38. The summed E-state index contributed by atoms with van der Waals surface area (Å²) in [6, 6.07) is 14.5. The quantitative estimate of drug-likeness (QED) is 0.658. The molecule has 0 fully saturated rings. The molecule has 1 N–H and O–H groups in total. The smallest absolute Gasteiger partial charge is 0.276 e. The second-order valence-electron chi connectivity index (χ2n) is 7.15. The minimum atomic E-state index is -0.687. The lowest BCUT2D eigenvalue weighted by atomic mass is 9.83. The summed E-state index contributed by atoms with van der Waals surface area (Å²) < 4.78 is 1.46. The number of carbonyl (C=O) groups is 1. The third kappa shape index (κ3) is 3.57. The normalized spacial score (nSPS) is 16.1. The van der Waals surface area contributed by atoms with Crippen molar-refractivity contribution >= 4 is 29.1 Å². The summed E-state index contributed by atoms with van der Waals surface area (Å²) in [7, 11) is 0. The van der Waals surface area contributed by atoms with Crippen molar-refractivity contribution in [1.29, 1.82) is 0 Å². The molecule has 0 aliphatic carbocycles. The third-order valence-corrected chi connectivity index (χ3v) is 5.85. The molecule has 0 saturated carbocycles. The number of carbonyl (C=O) groups excluding carboxylic acids is 1. The largest absolute Gasteiger partial charge is 0.502 e. The van der Waals surface area contributed by atoms with Crippen molar-refractivity contribution in [2.75, 3.05) is 13.1 Å². The number of aromatic nitrogens is 2. The first-order chi connectivity index (χ1) is 14.4. The molecule has 1 aromatic heterocycles. The predicted octanol–water partition coefficient (Wildman–Crippen LogP) is 4.10. The molecule has 0 spiro atoms. The minimum absolute atomic E-state index is 0.102. The number of hydrogen-bond acceptors (Lipinski definition) is 4. The fourth-order valence-electron chi connectivity index (χ4n) is 4.00. The van der Waals surface area contributed by atoms with Gasteiger partial charge >= 0.3 is 0 Å². The number of hydrogen-bond donors (Lipinski definition) is 1. The topological polar surface area (TPSA) is 75.4 Å². The highest BCUT2D eigenvalue weighted by atomic mass is 35.5. The van der Waals surface area contributed by atoms with E-state index in [0.717, 1.165) is 17.3 Å². The molecule has 3 aromatic rings. The lowest BCUT2D eigenvalue weighted by Crippen LogP contribution is -2.46. The van der Waals surface area contributed by atoms with Gasteiger partial charge < -0.3 is 10.0 Å². The molecule has 2 aromatic carbocycles. The van der Waals surface area contributed by atoms with Crippen LogP contribution < -0.4 is 5.43 Å². The molecule has 1 amide bonds. The van der Waals surface area contributed by atoms with Crippen LogP contribution in [-0.2, 0) is 0 Å². The van der Waals surface area contributed by atoms with Crippen LogP contribution in [0.5, 0.6) is 5.75 Å². The van der Waals surface area contributed by atoms with Crippen LogP contribution in [0.25, 0.3) is 0 Å². The van der Waals surface area contributed by atoms with E-state index in [2.05, 4.69) is 5.10 Å². The van der Waals surface area contributed by atoms with Gasteiger partial charge in [-0.1, -0.05) is 47.5 Å². The first-order valence-electron chi connectivity index (χ1n) is 9.51. The molecule has 4 rings (SSSR count). The number of nitrogens with zero attached hydrogens (tertiary/aromatic N) is 3. The van der Waals surface area contributed by atoms with Crippen molar-refractivity contribution in [1.82, 2.24) is 14.7 Å². The standard InChI is InChI=1S/C22H19Cl2N3O3/c1-2-26-12-17(27-20(22(26)30)21(29)18(28)11-25-27)19(13-5-3-7-15(23)9-13)14-6-4-8-16(24)10-14/h3-11,17,19,29H,2,12H2,1H3/t17-/m0/s1. The first kappa shape index (κ1) is 20.4. The van der Waals surface area contributed by atoms with Gasteiger partial charge in [0.05, 0.1) is 12.2 Å². The van der Waals surface area contributed by atoms with Crippen molar-refractivity contribution in [3.05, 3.63) is 91.8 Å². The van der Waals surface area contributed by atoms with E-state index in [0.29, 0.717) is 23.1 Å². The number of fused-ring (bicyclic) bond motifs is 1. The minimum Gasteiger partial charge on any atom is -0.502 e. The monoisotopic (exact) mass is 443 g/mol. The number of benzene rings is 2. The Balaban J connectivity index is 1.97. The summed E-state index contributed by atoms with van der Waals surface area (Å²) in [5.41, 5.74) is 1.03. The molecule has 30 heavy (non-hydrogen) atoms. The second-order valence-corrected chi connectivity index (χ2v) is 8.02. The van der Waals surface area contributed by atoms with Crippen molar-refractivity contribution in [3.8, 4) is 5.75 Å². The maximum absolute atomic E-state index is 12.9. The van der Waals surface area contributed by atoms with E-state index in [4.69, 9.17) is 23.2 Å². The van der Waals surface area contributed by atoms with Crippen LogP contribution in [0.2, 0.25) is 10.0 Å². The Morgan fingerprint density at radius 3 is 2.23 bits per heavy atom. The molecule has 6 nitrogen and oxygen atoms in total. The van der Waals surface area contributed by atoms with Crippen molar-refractivity contribution in [2.45, 2.75) is 18.9 Å². The highest BCUT2D eigenvalue weighted by Crippen LogP contribution is 2.40. The first-order valence-corrected chi connectivity index (χ1v) is 10.3. The molecule has 0 radical (unpaired) electrons. The van der Waals surface area contributed by atoms with Crippen LogP contribution in [-0.4, -0.2) is 38.8 Å². The van der Waals surface area contributed by atoms with Crippen LogP contribution in [0.4, 0.5) is 0 Å². The maximum Gasteiger partial charge on any atom is 0.276 e. The van der Waals surface area contributed by atoms with Crippen LogP contribution in [0, 0.1) is 0 Å². The summed E-state index contributed by atoms with van der Waals surface area (Å²) in [6.45, 7) is 2.63. The molecule has 1 aliphatic heterocycles. The van der Waals surface area contributed by atoms with Gasteiger partial charge in [-0.2, -0.15) is 5.10 Å². The van der Waals surface area contributed by atoms with Crippen molar-refractivity contribution in [2.24, 2.45) is 0 Å².